The minimum Gasteiger partial charge on any atom is -0.352 e. The molecule has 0 unspecified atom stereocenters. The smallest absolute Gasteiger partial charge is 0.274 e. The van der Waals surface area contributed by atoms with Gasteiger partial charge in [0.1, 0.15) is 12.2 Å². The van der Waals surface area contributed by atoms with Gasteiger partial charge >= 0.3 is 0 Å². The highest BCUT2D eigenvalue weighted by atomic mass is 16.2. The minimum atomic E-state index is -0.284. The number of hydrogen-bond acceptors (Lipinski definition) is 5. The van der Waals surface area contributed by atoms with Crippen LogP contribution in [-0.4, -0.2) is 69.2 Å². The molecule has 2 aliphatic rings. The topological polar surface area (TPSA) is 95.5 Å². The van der Waals surface area contributed by atoms with Gasteiger partial charge < -0.3 is 15.1 Å². The molecule has 0 radical (unpaired) electrons. The molecule has 8 heteroatoms. The molecule has 1 aromatic rings. The maximum absolute atomic E-state index is 12.5. The zero-order valence-electron chi connectivity index (χ0n) is 13.2. The van der Waals surface area contributed by atoms with Gasteiger partial charge in [-0.2, -0.15) is 0 Å². The van der Waals surface area contributed by atoms with Crippen LogP contribution in [0.1, 0.15) is 29.5 Å². The number of aromatic nitrogens is 2. The fourth-order valence-electron chi connectivity index (χ4n) is 3.18. The number of hydrogen-bond donors (Lipinski definition) is 1. The fraction of sp³-hybridized carbons (Fsp3) is 0.533. The van der Waals surface area contributed by atoms with Gasteiger partial charge in [0.05, 0.1) is 17.9 Å². The van der Waals surface area contributed by atoms with Crippen molar-refractivity contribution in [3.05, 3.63) is 23.8 Å². The maximum Gasteiger partial charge on any atom is 0.274 e. The summed E-state index contributed by atoms with van der Waals surface area (Å²) < 4.78 is 0. The van der Waals surface area contributed by atoms with Crippen molar-refractivity contribution in [1.29, 1.82) is 0 Å². The van der Waals surface area contributed by atoms with Gasteiger partial charge in [0.2, 0.25) is 11.8 Å². The Kier molecular flexibility index (Phi) is 3.97. The van der Waals surface area contributed by atoms with Gasteiger partial charge in [-0.25, -0.2) is 4.98 Å². The van der Waals surface area contributed by atoms with Gasteiger partial charge in [-0.1, -0.05) is 0 Å². The molecule has 3 heterocycles. The third kappa shape index (κ3) is 3.15. The lowest BCUT2D eigenvalue weighted by Gasteiger charge is -2.36. The van der Waals surface area contributed by atoms with E-state index in [1.54, 1.807) is 11.8 Å². The Morgan fingerprint density at radius 3 is 2.70 bits per heavy atom. The molecule has 2 atom stereocenters. The third-order valence-electron chi connectivity index (χ3n) is 4.19. The van der Waals surface area contributed by atoms with Crippen LogP contribution in [-0.2, 0) is 9.59 Å². The molecule has 3 rings (SSSR count). The first-order valence-corrected chi connectivity index (χ1v) is 7.58. The van der Waals surface area contributed by atoms with E-state index >= 15 is 0 Å². The van der Waals surface area contributed by atoms with Gasteiger partial charge in [-0.05, 0) is 13.3 Å². The molecular formula is C15H19N5O3. The first kappa shape index (κ1) is 15.4. The van der Waals surface area contributed by atoms with Crippen LogP contribution in [0.2, 0.25) is 0 Å². The van der Waals surface area contributed by atoms with Gasteiger partial charge in [-0.15, -0.1) is 0 Å². The lowest BCUT2D eigenvalue weighted by molar-refractivity contribution is -0.136. The summed E-state index contributed by atoms with van der Waals surface area (Å²) in [5.41, 5.74) is 0.977. The lowest BCUT2D eigenvalue weighted by atomic mass is 10.1. The number of aryl methyl sites for hydroxylation is 1. The average Bonchev–Trinajstić information content (AvgIpc) is 2.89. The van der Waals surface area contributed by atoms with Crippen molar-refractivity contribution in [3.8, 4) is 0 Å². The number of carbonyl (C=O) groups is 3. The monoisotopic (exact) mass is 317 g/mol. The standard InChI is InChI=1S/C15H19N5O3/c1-9-4-17-13(5-16-9)15(23)19-7-12-3-11(18-10(2)21)6-20(12)14(22)8-19/h4-5,11-12H,3,6-8H2,1-2H3,(H,18,21)/t11-,12-/m0/s1. The summed E-state index contributed by atoms with van der Waals surface area (Å²) in [4.78, 5) is 47.4. The molecule has 3 amide bonds. The highest BCUT2D eigenvalue weighted by Gasteiger charge is 2.41. The van der Waals surface area contributed by atoms with Crippen LogP contribution < -0.4 is 5.32 Å². The van der Waals surface area contributed by atoms with E-state index in [0.717, 1.165) is 5.69 Å². The molecule has 1 N–H and O–H groups in total. The third-order valence-corrected chi connectivity index (χ3v) is 4.19. The van der Waals surface area contributed by atoms with E-state index in [2.05, 4.69) is 15.3 Å². The molecule has 2 aliphatic heterocycles. The maximum atomic E-state index is 12.5. The van der Waals surface area contributed by atoms with Crippen LogP contribution in [0.4, 0.5) is 0 Å². The molecular weight excluding hydrogens is 298 g/mol. The summed E-state index contributed by atoms with van der Waals surface area (Å²) in [6.45, 7) is 4.26. The Balaban J connectivity index is 1.70. The molecule has 0 aromatic carbocycles. The van der Waals surface area contributed by atoms with Crippen molar-refractivity contribution in [2.75, 3.05) is 19.6 Å². The highest BCUT2D eigenvalue weighted by molar-refractivity contribution is 5.95. The van der Waals surface area contributed by atoms with Crippen LogP contribution >= 0.6 is 0 Å². The Morgan fingerprint density at radius 1 is 1.26 bits per heavy atom. The fourth-order valence-corrected chi connectivity index (χ4v) is 3.18. The van der Waals surface area contributed by atoms with Gasteiger partial charge in [0.25, 0.3) is 5.91 Å². The number of rotatable bonds is 2. The van der Waals surface area contributed by atoms with Crippen molar-refractivity contribution in [3.63, 3.8) is 0 Å². The van der Waals surface area contributed by atoms with Crippen LogP contribution in [0.3, 0.4) is 0 Å². The summed E-state index contributed by atoms with van der Waals surface area (Å²) in [5, 5.41) is 2.84. The molecule has 0 bridgehead atoms. The van der Waals surface area contributed by atoms with Gasteiger partial charge in [-0.3, -0.25) is 19.4 Å². The Labute approximate surface area is 133 Å². The number of piperazine rings is 1. The Morgan fingerprint density at radius 2 is 2.04 bits per heavy atom. The van der Waals surface area contributed by atoms with Gasteiger partial charge in [0, 0.05) is 32.3 Å². The summed E-state index contributed by atoms with van der Waals surface area (Å²) in [6, 6.07) is -0.105. The molecule has 23 heavy (non-hydrogen) atoms. The quantitative estimate of drug-likeness (QED) is 0.782. The molecule has 8 nitrogen and oxygen atoms in total. The molecule has 0 spiro atoms. The molecule has 2 saturated heterocycles. The molecule has 1 aromatic heterocycles. The summed E-state index contributed by atoms with van der Waals surface area (Å²) in [5.74, 6) is -0.485. The summed E-state index contributed by atoms with van der Waals surface area (Å²) in [6.07, 6.45) is 3.63. The van der Waals surface area contributed by atoms with Gasteiger partial charge in [0.15, 0.2) is 0 Å². The predicted molar refractivity (Wildman–Crippen MR) is 80.4 cm³/mol. The number of fused-ring (bicyclic) bond motifs is 1. The largest absolute Gasteiger partial charge is 0.352 e. The average molecular weight is 317 g/mol. The second kappa shape index (κ2) is 5.94. The van der Waals surface area contributed by atoms with Crippen LogP contribution in [0.5, 0.6) is 0 Å². The molecule has 2 fully saturated rings. The van der Waals surface area contributed by atoms with E-state index in [4.69, 9.17) is 0 Å². The number of amides is 3. The van der Waals surface area contributed by atoms with Crippen LogP contribution in [0.25, 0.3) is 0 Å². The molecule has 0 saturated carbocycles. The van der Waals surface area contributed by atoms with E-state index in [9.17, 15) is 14.4 Å². The zero-order valence-corrected chi connectivity index (χ0v) is 13.2. The van der Waals surface area contributed by atoms with E-state index in [-0.39, 0.29) is 42.0 Å². The van der Waals surface area contributed by atoms with E-state index in [0.29, 0.717) is 19.5 Å². The Bertz CT molecular complexity index is 645. The first-order valence-electron chi connectivity index (χ1n) is 7.58. The van der Waals surface area contributed by atoms with E-state index < -0.39 is 0 Å². The summed E-state index contributed by atoms with van der Waals surface area (Å²) in [7, 11) is 0. The van der Waals surface area contributed by atoms with Crippen molar-refractivity contribution in [2.45, 2.75) is 32.4 Å². The van der Waals surface area contributed by atoms with Crippen molar-refractivity contribution in [1.82, 2.24) is 25.1 Å². The van der Waals surface area contributed by atoms with E-state index in [1.807, 2.05) is 0 Å². The minimum absolute atomic E-state index is 0.0394. The number of carbonyl (C=O) groups excluding carboxylic acids is 3. The van der Waals surface area contributed by atoms with Crippen LogP contribution in [0.15, 0.2) is 12.4 Å². The first-order chi connectivity index (χ1) is 10.9. The second-order valence-electron chi connectivity index (χ2n) is 6.06. The normalized spacial score (nSPS) is 23.7. The van der Waals surface area contributed by atoms with E-state index in [1.165, 1.54) is 24.2 Å². The second-order valence-corrected chi connectivity index (χ2v) is 6.06. The number of nitrogens with one attached hydrogen (secondary N) is 1. The molecule has 122 valence electrons. The highest BCUT2D eigenvalue weighted by Crippen LogP contribution is 2.23. The Hall–Kier alpha value is -2.51. The SMILES string of the molecule is CC(=O)N[C@H]1C[C@H]2CN(C(=O)c3cnc(C)cn3)CC(=O)N2C1. The molecule has 0 aliphatic carbocycles. The van der Waals surface area contributed by atoms with Crippen molar-refractivity contribution >= 4 is 17.7 Å². The predicted octanol–water partition coefficient (Wildman–Crippen LogP) is -0.654. The lowest BCUT2D eigenvalue weighted by Crippen LogP contribution is -2.55. The number of nitrogens with zero attached hydrogens (tertiary/aromatic N) is 4. The van der Waals surface area contributed by atoms with Crippen molar-refractivity contribution < 1.29 is 14.4 Å². The van der Waals surface area contributed by atoms with Crippen molar-refractivity contribution in [2.24, 2.45) is 0 Å². The zero-order chi connectivity index (χ0) is 16.6. The van der Waals surface area contributed by atoms with Crippen LogP contribution in [0, 0.1) is 6.92 Å². The summed E-state index contributed by atoms with van der Waals surface area (Å²) >= 11 is 0.